The minimum Gasteiger partial charge on any atom is -0.385 e. The molecular formula is C13H22N2O2. The van der Waals surface area contributed by atoms with Crippen molar-refractivity contribution in [1.82, 2.24) is 4.98 Å². The van der Waals surface area contributed by atoms with E-state index >= 15 is 0 Å². The SMILES string of the molecule is CCCOCCOCc1cc(NCC)ccn1. The molecule has 0 unspecified atom stereocenters. The van der Waals surface area contributed by atoms with Gasteiger partial charge in [-0.1, -0.05) is 6.92 Å². The Kier molecular flexibility index (Phi) is 7.34. The van der Waals surface area contributed by atoms with Gasteiger partial charge in [-0.2, -0.15) is 0 Å². The van der Waals surface area contributed by atoms with Crippen LogP contribution in [0.25, 0.3) is 0 Å². The Hall–Kier alpha value is -1.13. The number of hydrogen-bond donors (Lipinski definition) is 1. The molecule has 1 aromatic heterocycles. The second-order valence-corrected chi connectivity index (χ2v) is 3.73. The van der Waals surface area contributed by atoms with Crippen molar-refractivity contribution in [1.29, 1.82) is 0 Å². The van der Waals surface area contributed by atoms with E-state index in [0.717, 1.165) is 31.0 Å². The third-order valence-electron chi connectivity index (χ3n) is 2.17. The van der Waals surface area contributed by atoms with E-state index in [1.54, 1.807) is 6.20 Å². The van der Waals surface area contributed by atoms with Crippen LogP contribution in [-0.2, 0) is 16.1 Å². The van der Waals surface area contributed by atoms with Gasteiger partial charge in [-0.3, -0.25) is 4.98 Å². The monoisotopic (exact) mass is 238 g/mol. The molecule has 0 fully saturated rings. The summed E-state index contributed by atoms with van der Waals surface area (Å²) in [6.45, 7) is 7.69. The van der Waals surface area contributed by atoms with Gasteiger partial charge in [0.2, 0.25) is 0 Å². The maximum atomic E-state index is 5.48. The van der Waals surface area contributed by atoms with Gasteiger partial charge in [0, 0.05) is 25.0 Å². The summed E-state index contributed by atoms with van der Waals surface area (Å²) < 4.78 is 10.8. The topological polar surface area (TPSA) is 43.4 Å². The fraction of sp³-hybridized carbons (Fsp3) is 0.615. The van der Waals surface area contributed by atoms with Crippen LogP contribution < -0.4 is 5.32 Å². The molecule has 4 nitrogen and oxygen atoms in total. The summed E-state index contributed by atoms with van der Waals surface area (Å²) in [7, 11) is 0. The van der Waals surface area contributed by atoms with Crippen LogP contribution in [0.2, 0.25) is 0 Å². The Balaban J connectivity index is 2.19. The Bertz CT molecular complexity index is 305. The third-order valence-corrected chi connectivity index (χ3v) is 2.17. The molecule has 1 rings (SSSR count). The van der Waals surface area contributed by atoms with Crippen molar-refractivity contribution in [2.24, 2.45) is 0 Å². The zero-order chi connectivity index (χ0) is 12.3. The van der Waals surface area contributed by atoms with E-state index < -0.39 is 0 Å². The lowest BCUT2D eigenvalue weighted by atomic mass is 10.3. The molecule has 0 aromatic carbocycles. The summed E-state index contributed by atoms with van der Waals surface area (Å²) in [5.41, 5.74) is 2.03. The normalized spacial score (nSPS) is 10.5. The van der Waals surface area contributed by atoms with E-state index in [-0.39, 0.29) is 0 Å². The fourth-order valence-corrected chi connectivity index (χ4v) is 1.41. The Morgan fingerprint density at radius 2 is 2.00 bits per heavy atom. The minimum absolute atomic E-state index is 0.536. The number of pyridine rings is 1. The standard InChI is InChI=1S/C13H22N2O2/c1-3-7-16-8-9-17-11-13-10-12(14-4-2)5-6-15-13/h5-6,10H,3-4,7-9,11H2,1-2H3,(H,14,15). The number of ether oxygens (including phenoxy) is 2. The first-order valence-corrected chi connectivity index (χ1v) is 6.21. The average molecular weight is 238 g/mol. The minimum atomic E-state index is 0.536. The molecule has 0 aliphatic carbocycles. The number of rotatable bonds is 9. The molecule has 17 heavy (non-hydrogen) atoms. The maximum Gasteiger partial charge on any atom is 0.0889 e. The quantitative estimate of drug-likeness (QED) is 0.671. The first kappa shape index (κ1) is 13.9. The van der Waals surface area contributed by atoms with Crippen molar-refractivity contribution in [3.8, 4) is 0 Å². The van der Waals surface area contributed by atoms with Crippen molar-refractivity contribution in [2.45, 2.75) is 26.9 Å². The van der Waals surface area contributed by atoms with Crippen molar-refractivity contribution < 1.29 is 9.47 Å². The zero-order valence-corrected chi connectivity index (χ0v) is 10.7. The van der Waals surface area contributed by atoms with E-state index in [1.807, 2.05) is 12.1 Å². The van der Waals surface area contributed by atoms with Crippen LogP contribution in [-0.4, -0.2) is 31.3 Å². The summed E-state index contributed by atoms with van der Waals surface area (Å²) >= 11 is 0. The van der Waals surface area contributed by atoms with E-state index in [9.17, 15) is 0 Å². The molecule has 0 aliphatic heterocycles. The molecule has 1 heterocycles. The van der Waals surface area contributed by atoms with E-state index in [0.29, 0.717) is 19.8 Å². The molecule has 4 heteroatoms. The van der Waals surface area contributed by atoms with Gasteiger partial charge in [0.05, 0.1) is 25.5 Å². The van der Waals surface area contributed by atoms with E-state index in [1.165, 1.54) is 0 Å². The fourth-order valence-electron chi connectivity index (χ4n) is 1.41. The number of anilines is 1. The van der Waals surface area contributed by atoms with Crippen LogP contribution >= 0.6 is 0 Å². The predicted octanol–water partition coefficient (Wildman–Crippen LogP) is 2.46. The molecule has 96 valence electrons. The largest absolute Gasteiger partial charge is 0.385 e. The number of nitrogens with one attached hydrogen (secondary N) is 1. The van der Waals surface area contributed by atoms with Crippen molar-refractivity contribution in [3.63, 3.8) is 0 Å². The highest BCUT2D eigenvalue weighted by molar-refractivity contribution is 5.42. The van der Waals surface area contributed by atoms with Crippen LogP contribution in [0.5, 0.6) is 0 Å². The highest BCUT2D eigenvalue weighted by Crippen LogP contribution is 2.08. The average Bonchev–Trinajstić information content (AvgIpc) is 2.35. The van der Waals surface area contributed by atoms with Crippen LogP contribution in [0.3, 0.4) is 0 Å². The Morgan fingerprint density at radius 1 is 1.18 bits per heavy atom. The smallest absolute Gasteiger partial charge is 0.0889 e. The second-order valence-electron chi connectivity index (χ2n) is 3.73. The molecule has 0 bridgehead atoms. The molecule has 0 spiro atoms. The third kappa shape index (κ3) is 6.24. The number of nitrogens with zero attached hydrogens (tertiary/aromatic N) is 1. The molecule has 0 saturated heterocycles. The second kappa shape index (κ2) is 8.96. The summed E-state index contributed by atoms with van der Waals surface area (Å²) in [6.07, 6.45) is 2.84. The van der Waals surface area contributed by atoms with Gasteiger partial charge in [0.1, 0.15) is 0 Å². The van der Waals surface area contributed by atoms with Crippen molar-refractivity contribution in [3.05, 3.63) is 24.0 Å². The Morgan fingerprint density at radius 3 is 2.76 bits per heavy atom. The molecule has 0 amide bonds. The van der Waals surface area contributed by atoms with Gasteiger partial charge in [-0.15, -0.1) is 0 Å². The zero-order valence-electron chi connectivity index (χ0n) is 10.7. The van der Waals surface area contributed by atoms with Crippen LogP contribution in [0.1, 0.15) is 26.0 Å². The lowest BCUT2D eigenvalue weighted by molar-refractivity contribution is 0.0397. The van der Waals surface area contributed by atoms with Gasteiger partial charge < -0.3 is 14.8 Å². The first-order chi connectivity index (χ1) is 8.36. The van der Waals surface area contributed by atoms with Gasteiger partial charge in [-0.05, 0) is 25.5 Å². The molecule has 0 atom stereocenters. The van der Waals surface area contributed by atoms with Crippen molar-refractivity contribution in [2.75, 3.05) is 31.7 Å². The first-order valence-electron chi connectivity index (χ1n) is 6.21. The molecule has 0 aliphatic rings. The predicted molar refractivity (Wildman–Crippen MR) is 69.2 cm³/mol. The Labute approximate surface area is 103 Å². The van der Waals surface area contributed by atoms with Crippen molar-refractivity contribution >= 4 is 5.69 Å². The molecule has 0 radical (unpaired) electrons. The highest BCUT2D eigenvalue weighted by atomic mass is 16.5. The van der Waals surface area contributed by atoms with Crippen LogP contribution in [0.15, 0.2) is 18.3 Å². The molecule has 1 aromatic rings. The lowest BCUT2D eigenvalue weighted by Gasteiger charge is -2.07. The molecular weight excluding hydrogens is 216 g/mol. The number of aromatic nitrogens is 1. The number of hydrogen-bond acceptors (Lipinski definition) is 4. The van der Waals surface area contributed by atoms with Crippen LogP contribution in [0.4, 0.5) is 5.69 Å². The summed E-state index contributed by atoms with van der Waals surface area (Å²) in [4.78, 5) is 4.25. The van der Waals surface area contributed by atoms with Gasteiger partial charge in [0.25, 0.3) is 0 Å². The van der Waals surface area contributed by atoms with Gasteiger partial charge >= 0.3 is 0 Å². The maximum absolute atomic E-state index is 5.48. The molecule has 0 saturated carbocycles. The van der Waals surface area contributed by atoms with E-state index in [4.69, 9.17) is 9.47 Å². The van der Waals surface area contributed by atoms with Crippen LogP contribution in [0, 0.1) is 0 Å². The summed E-state index contributed by atoms with van der Waals surface area (Å²) in [5.74, 6) is 0. The highest BCUT2D eigenvalue weighted by Gasteiger charge is 1.97. The van der Waals surface area contributed by atoms with Gasteiger partial charge in [-0.25, -0.2) is 0 Å². The summed E-state index contributed by atoms with van der Waals surface area (Å²) in [5, 5.41) is 3.25. The van der Waals surface area contributed by atoms with Gasteiger partial charge in [0.15, 0.2) is 0 Å². The summed E-state index contributed by atoms with van der Waals surface area (Å²) in [6, 6.07) is 3.97. The molecule has 1 N–H and O–H groups in total. The lowest BCUT2D eigenvalue weighted by Crippen LogP contribution is -2.06. The van der Waals surface area contributed by atoms with E-state index in [2.05, 4.69) is 24.1 Å².